The van der Waals surface area contributed by atoms with Crippen LogP contribution in [0.15, 0.2) is 89.0 Å². The van der Waals surface area contributed by atoms with Crippen LogP contribution in [0.4, 0.5) is 5.69 Å². The molecule has 11 heteroatoms. The first-order valence-corrected chi connectivity index (χ1v) is 15.9. The molecule has 0 aliphatic carbocycles. The predicted molar refractivity (Wildman–Crippen MR) is 179 cm³/mol. The van der Waals surface area contributed by atoms with Gasteiger partial charge in [0.1, 0.15) is 11.4 Å². The number of rotatable bonds is 16. The van der Waals surface area contributed by atoms with E-state index in [2.05, 4.69) is 27.5 Å². The van der Waals surface area contributed by atoms with Crippen molar-refractivity contribution in [2.45, 2.75) is 76.5 Å². The molecule has 3 aromatic carbocycles. The van der Waals surface area contributed by atoms with Gasteiger partial charge in [-0.15, -0.1) is 0 Å². The lowest BCUT2D eigenvalue weighted by atomic mass is 9.82. The molecule has 2 atom stereocenters. The highest BCUT2D eigenvalue weighted by molar-refractivity contribution is 6.01. The minimum absolute atomic E-state index is 0.0150. The molecule has 4 rings (SSSR count). The summed E-state index contributed by atoms with van der Waals surface area (Å²) in [5.41, 5.74) is 9.61. The summed E-state index contributed by atoms with van der Waals surface area (Å²) in [4.78, 5) is 35.2. The van der Waals surface area contributed by atoms with E-state index in [1.54, 1.807) is 69.3 Å². The highest BCUT2D eigenvalue weighted by Gasteiger charge is 2.53. The van der Waals surface area contributed by atoms with E-state index >= 15 is 0 Å². The molecule has 0 aromatic heterocycles. The van der Waals surface area contributed by atoms with Crippen molar-refractivity contribution in [3.63, 3.8) is 0 Å². The molecule has 248 valence electrons. The Balaban J connectivity index is 1.67. The van der Waals surface area contributed by atoms with Crippen molar-refractivity contribution in [2.75, 3.05) is 19.8 Å². The Labute approximate surface area is 275 Å². The number of aliphatic hydroxyl groups is 1. The lowest BCUT2D eigenvalue weighted by molar-refractivity contribution is -0.155. The van der Waals surface area contributed by atoms with Crippen LogP contribution in [0.2, 0.25) is 0 Å². The number of hydrogen-bond acceptors (Lipinski definition) is 8. The van der Waals surface area contributed by atoms with Gasteiger partial charge in [0.2, 0.25) is 5.90 Å². The molecule has 0 fully saturated rings. The van der Waals surface area contributed by atoms with Crippen LogP contribution in [0, 0.1) is 0 Å². The van der Waals surface area contributed by atoms with Gasteiger partial charge in [0, 0.05) is 47.7 Å². The van der Waals surface area contributed by atoms with Crippen molar-refractivity contribution in [3.8, 4) is 5.75 Å². The van der Waals surface area contributed by atoms with Crippen LogP contribution in [0.25, 0.3) is 10.4 Å². The second kappa shape index (κ2) is 16.6. The monoisotopic (exact) mass is 641 g/mol. The zero-order valence-corrected chi connectivity index (χ0v) is 27.2. The summed E-state index contributed by atoms with van der Waals surface area (Å²) in [5, 5.41) is 16.0. The van der Waals surface area contributed by atoms with E-state index < -0.39 is 29.1 Å². The first-order valence-electron chi connectivity index (χ1n) is 15.9. The van der Waals surface area contributed by atoms with E-state index in [1.807, 2.05) is 18.2 Å². The number of azide groups is 1. The molecule has 0 radical (unpaired) electrons. The average Bonchev–Trinajstić information content (AvgIpc) is 3.45. The van der Waals surface area contributed by atoms with Crippen LogP contribution < -0.4 is 10.1 Å². The minimum atomic E-state index is -1.58. The molecule has 11 nitrogen and oxygen atoms in total. The molecule has 0 saturated heterocycles. The maximum atomic E-state index is 14.3. The van der Waals surface area contributed by atoms with Crippen molar-refractivity contribution in [2.24, 2.45) is 10.1 Å². The molecule has 1 aliphatic heterocycles. The molecular weight excluding hydrogens is 598 g/mol. The average molecular weight is 642 g/mol. The molecule has 0 unspecified atom stereocenters. The third-order valence-electron chi connectivity index (χ3n) is 7.55. The molecule has 47 heavy (non-hydrogen) atoms. The number of benzene rings is 3. The highest BCUT2D eigenvalue weighted by Crippen LogP contribution is 2.46. The normalized spacial score (nSPS) is 17.2. The summed E-state index contributed by atoms with van der Waals surface area (Å²) in [6, 6.07) is 24.1. The first-order chi connectivity index (χ1) is 22.6. The third kappa shape index (κ3) is 9.81. The summed E-state index contributed by atoms with van der Waals surface area (Å²) in [6.07, 6.45) is 1.87. The van der Waals surface area contributed by atoms with Crippen molar-refractivity contribution < 1.29 is 28.9 Å². The number of unbranched alkanes of at least 4 members (excludes halogenated alkanes) is 1. The summed E-state index contributed by atoms with van der Waals surface area (Å²) < 4.78 is 17.8. The number of aliphatic imine (C=N–C) groups is 1. The summed E-state index contributed by atoms with van der Waals surface area (Å²) >= 11 is 0. The number of nitrogens with one attached hydrogen (secondary N) is 1. The van der Waals surface area contributed by atoms with Gasteiger partial charge in [-0.25, -0.2) is 4.99 Å². The predicted octanol–water partition coefficient (Wildman–Crippen LogP) is 6.91. The standard InChI is InChI=1S/C36H43N5O6/c1-35(2,3)47-31(43)21-22-36(34(44)38-23-10-9-14-26-12-5-4-6-13-26)32(29-15-7-8-16-30(29)40-41-37)46-33(39-36)27-17-19-28(20-18-27)45-25-11-24-42/h4-8,12-13,15-20,32,42H,9-11,14,21-25H2,1-3H3,(H,38,44)/t32-,36-/m1/s1. The second-order valence-corrected chi connectivity index (χ2v) is 12.3. The fourth-order valence-corrected chi connectivity index (χ4v) is 5.33. The van der Waals surface area contributed by atoms with E-state index in [1.165, 1.54) is 5.56 Å². The van der Waals surface area contributed by atoms with Crippen molar-refractivity contribution in [1.82, 2.24) is 5.32 Å². The van der Waals surface area contributed by atoms with Gasteiger partial charge in [0.25, 0.3) is 5.91 Å². The number of amides is 1. The Morgan fingerprint density at radius 1 is 1.02 bits per heavy atom. The molecular formula is C36H43N5O6. The maximum absolute atomic E-state index is 14.3. The largest absolute Gasteiger partial charge is 0.494 e. The Bertz CT molecular complexity index is 1560. The van der Waals surface area contributed by atoms with Gasteiger partial charge in [-0.3, -0.25) is 9.59 Å². The number of carbonyl (C=O) groups excluding carboxylic acids is 2. The number of hydrogen-bond donors (Lipinski definition) is 2. The molecule has 0 bridgehead atoms. The van der Waals surface area contributed by atoms with Crippen LogP contribution in [0.5, 0.6) is 5.75 Å². The topological polar surface area (TPSA) is 155 Å². The molecule has 0 saturated carbocycles. The van der Waals surface area contributed by atoms with Gasteiger partial charge in [0.05, 0.1) is 6.61 Å². The van der Waals surface area contributed by atoms with Gasteiger partial charge in [-0.1, -0.05) is 59.7 Å². The SMILES string of the molecule is CC(C)(C)OC(=O)CC[C@@]1(C(=O)NCCCCc2ccccc2)N=C(c2ccc(OCCCO)cc2)O[C@@H]1c1ccccc1N=[N+]=[N-]. The minimum Gasteiger partial charge on any atom is -0.494 e. The van der Waals surface area contributed by atoms with Crippen LogP contribution >= 0.6 is 0 Å². The molecule has 1 heterocycles. The molecule has 1 amide bonds. The van der Waals surface area contributed by atoms with Gasteiger partial charge in [-0.2, -0.15) is 0 Å². The van der Waals surface area contributed by atoms with E-state index in [-0.39, 0.29) is 25.3 Å². The highest BCUT2D eigenvalue weighted by atomic mass is 16.6. The van der Waals surface area contributed by atoms with E-state index in [4.69, 9.17) is 24.3 Å². The Hall–Kier alpha value is -4.86. The Morgan fingerprint density at radius 3 is 2.45 bits per heavy atom. The Morgan fingerprint density at radius 2 is 1.74 bits per heavy atom. The van der Waals surface area contributed by atoms with Crippen LogP contribution in [0.1, 0.15) is 75.7 Å². The fourth-order valence-electron chi connectivity index (χ4n) is 5.33. The fraction of sp³-hybridized carbons (Fsp3) is 0.417. The zero-order chi connectivity index (χ0) is 33.7. The quantitative estimate of drug-likeness (QED) is 0.0569. The lowest BCUT2D eigenvalue weighted by Gasteiger charge is -2.31. The molecule has 1 aliphatic rings. The number of aryl methyl sites for hydroxylation is 1. The molecule has 2 N–H and O–H groups in total. The van der Waals surface area contributed by atoms with E-state index in [9.17, 15) is 15.1 Å². The van der Waals surface area contributed by atoms with E-state index in [0.717, 1.165) is 19.3 Å². The number of esters is 1. The van der Waals surface area contributed by atoms with Crippen molar-refractivity contribution >= 4 is 23.5 Å². The van der Waals surface area contributed by atoms with Gasteiger partial charge in [0.15, 0.2) is 11.6 Å². The number of nitrogens with zero attached hydrogens (tertiary/aromatic N) is 4. The molecule has 0 spiro atoms. The van der Waals surface area contributed by atoms with Gasteiger partial charge in [-0.05, 0) is 81.8 Å². The molecule has 3 aromatic rings. The summed E-state index contributed by atoms with van der Waals surface area (Å²) in [7, 11) is 0. The summed E-state index contributed by atoms with van der Waals surface area (Å²) in [5.74, 6) is -0.0605. The lowest BCUT2D eigenvalue weighted by Crippen LogP contribution is -2.49. The van der Waals surface area contributed by atoms with Crippen molar-refractivity contribution in [3.05, 3.63) is 106 Å². The van der Waals surface area contributed by atoms with Crippen LogP contribution in [0.3, 0.4) is 0 Å². The Kier molecular flexibility index (Phi) is 12.4. The smallest absolute Gasteiger partial charge is 0.306 e. The van der Waals surface area contributed by atoms with Gasteiger partial charge >= 0.3 is 5.97 Å². The van der Waals surface area contributed by atoms with Gasteiger partial charge < -0.3 is 24.6 Å². The number of aliphatic hydroxyl groups excluding tert-OH is 1. The number of carbonyl (C=O) groups is 2. The zero-order valence-electron chi connectivity index (χ0n) is 27.2. The number of ether oxygens (including phenoxy) is 3. The van der Waals surface area contributed by atoms with Crippen LogP contribution in [-0.2, 0) is 25.5 Å². The van der Waals surface area contributed by atoms with Crippen molar-refractivity contribution in [1.29, 1.82) is 0 Å². The summed E-state index contributed by atoms with van der Waals surface area (Å²) in [6.45, 7) is 6.15. The van der Waals surface area contributed by atoms with Crippen LogP contribution in [-0.4, -0.2) is 53.8 Å². The second-order valence-electron chi connectivity index (χ2n) is 12.3. The maximum Gasteiger partial charge on any atom is 0.306 e. The third-order valence-corrected chi connectivity index (χ3v) is 7.55. The first kappa shape index (κ1) is 35.0. The van der Waals surface area contributed by atoms with E-state index in [0.29, 0.717) is 42.1 Å².